The number of phenolic OH excluding ortho intramolecular Hbond substituents is 2. The number of hydrogen-bond donors (Lipinski definition) is 3. The molecule has 13 heavy (non-hydrogen) atoms. The topological polar surface area (TPSA) is 60.7 Å². The summed E-state index contributed by atoms with van der Waals surface area (Å²) in [6.07, 6.45) is 0.988. The van der Waals surface area contributed by atoms with Crippen molar-refractivity contribution in [3.63, 3.8) is 0 Å². The molecule has 1 aliphatic rings. The predicted molar refractivity (Wildman–Crippen MR) is 42.9 cm³/mol. The van der Waals surface area contributed by atoms with Crippen molar-refractivity contribution in [2.75, 3.05) is 0 Å². The summed E-state index contributed by atoms with van der Waals surface area (Å²) in [5, 5.41) is 27.5. The van der Waals surface area contributed by atoms with E-state index in [0.717, 1.165) is 0 Å². The summed E-state index contributed by atoms with van der Waals surface area (Å²) in [6, 6.07) is 2.46. The lowest BCUT2D eigenvalue weighted by Gasteiger charge is -2.10. The van der Waals surface area contributed by atoms with Crippen LogP contribution in [0.3, 0.4) is 0 Å². The van der Waals surface area contributed by atoms with Crippen LogP contribution >= 0.6 is 0 Å². The third kappa shape index (κ3) is 1.14. The van der Waals surface area contributed by atoms with Crippen LogP contribution < -0.4 is 0 Å². The molecule has 0 unspecified atom stereocenters. The molecule has 0 heterocycles. The van der Waals surface area contributed by atoms with Crippen molar-refractivity contribution in [1.29, 1.82) is 0 Å². The maximum atomic E-state index is 13.2. The molecule has 0 saturated heterocycles. The zero-order valence-corrected chi connectivity index (χ0v) is 6.79. The summed E-state index contributed by atoms with van der Waals surface area (Å²) in [7, 11) is 0. The number of phenols is 2. The lowest BCUT2D eigenvalue weighted by atomic mass is 10.1. The average Bonchev–Trinajstić information content (AvgIpc) is 2.80. The van der Waals surface area contributed by atoms with Crippen molar-refractivity contribution in [2.24, 2.45) is 0 Å². The lowest BCUT2D eigenvalue weighted by Crippen LogP contribution is -2.06. The van der Waals surface area contributed by atoms with Gasteiger partial charge in [-0.25, -0.2) is 4.39 Å². The molecule has 0 amide bonds. The van der Waals surface area contributed by atoms with Crippen LogP contribution in [0.4, 0.5) is 4.39 Å². The Morgan fingerprint density at radius 1 is 1.23 bits per heavy atom. The Kier molecular flexibility index (Phi) is 1.51. The molecule has 4 heteroatoms. The van der Waals surface area contributed by atoms with Crippen LogP contribution in [0.1, 0.15) is 18.4 Å². The van der Waals surface area contributed by atoms with E-state index >= 15 is 0 Å². The maximum Gasteiger partial charge on any atom is 0.194 e. The van der Waals surface area contributed by atoms with Crippen molar-refractivity contribution in [3.8, 4) is 11.5 Å². The quantitative estimate of drug-likeness (QED) is 0.575. The van der Waals surface area contributed by atoms with Gasteiger partial charge < -0.3 is 15.3 Å². The first-order valence-corrected chi connectivity index (χ1v) is 3.98. The number of halogens is 1. The van der Waals surface area contributed by atoms with E-state index in [-0.39, 0.29) is 5.56 Å². The third-order valence-corrected chi connectivity index (χ3v) is 2.32. The minimum Gasteiger partial charge on any atom is -0.504 e. The molecular formula is C9H9FO3. The van der Waals surface area contributed by atoms with Crippen LogP contribution in [0.5, 0.6) is 11.5 Å². The first-order valence-electron chi connectivity index (χ1n) is 3.98. The number of aliphatic hydroxyl groups is 1. The van der Waals surface area contributed by atoms with Crippen LogP contribution in [-0.2, 0) is 5.60 Å². The van der Waals surface area contributed by atoms with Gasteiger partial charge in [-0.15, -0.1) is 0 Å². The van der Waals surface area contributed by atoms with E-state index in [4.69, 9.17) is 10.2 Å². The molecule has 1 aliphatic carbocycles. The fraction of sp³-hybridized carbons (Fsp3) is 0.333. The van der Waals surface area contributed by atoms with E-state index in [1.54, 1.807) is 0 Å². The first kappa shape index (κ1) is 8.31. The molecule has 0 aromatic heterocycles. The second-order valence-electron chi connectivity index (χ2n) is 3.33. The van der Waals surface area contributed by atoms with Crippen molar-refractivity contribution < 1.29 is 19.7 Å². The monoisotopic (exact) mass is 184 g/mol. The Morgan fingerprint density at radius 2 is 1.85 bits per heavy atom. The molecule has 70 valence electrons. The Labute approximate surface area is 74.1 Å². The molecule has 0 aliphatic heterocycles. The molecular weight excluding hydrogens is 175 g/mol. The molecule has 3 N–H and O–H groups in total. The normalized spacial score (nSPS) is 18.6. The highest BCUT2D eigenvalue weighted by atomic mass is 19.1. The van der Waals surface area contributed by atoms with Crippen LogP contribution in [-0.4, -0.2) is 15.3 Å². The minimum absolute atomic E-state index is 0.0581. The molecule has 3 nitrogen and oxygen atoms in total. The van der Waals surface area contributed by atoms with E-state index in [0.29, 0.717) is 12.8 Å². The first-order chi connectivity index (χ1) is 6.04. The van der Waals surface area contributed by atoms with Gasteiger partial charge in [-0.2, -0.15) is 0 Å². The SMILES string of the molecule is Oc1ccc(C2(O)CC2)c(F)c1O. The molecule has 0 atom stereocenters. The largest absolute Gasteiger partial charge is 0.504 e. The minimum atomic E-state index is -1.13. The van der Waals surface area contributed by atoms with Gasteiger partial charge in [0.1, 0.15) is 0 Å². The van der Waals surface area contributed by atoms with Gasteiger partial charge in [0.2, 0.25) is 0 Å². The fourth-order valence-electron chi connectivity index (χ4n) is 1.30. The van der Waals surface area contributed by atoms with Crippen molar-refractivity contribution in [1.82, 2.24) is 0 Å². The fourth-order valence-corrected chi connectivity index (χ4v) is 1.30. The summed E-state index contributed by atoms with van der Waals surface area (Å²) in [4.78, 5) is 0. The van der Waals surface area contributed by atoms with Gasteiger partial charge in [0.15, 0.2) is 17.3 Å². The Balaban J connectivity index is 2.54. The second-order valence-corrected chi connectivity index (χ2v) is 3.33. The van der Waals surface area contributed by atoms with E-state index in [1.165, 1.54) is 12.1 Å². The van der Waals surface area contributed by atoms with Gasteiger partial charge in [0.25, 0.3) is 0 Å². The van der Waals surface area contributed by atoms with Gasteiger partial charge in [-0.3, -0.25) is 0 Å². The zero-order valence-electron chi connectivity index (χ0n) is 6.79. The summed E-state index contributed by atoms with van der Waals surface area (Å²) in [5.74, 6) is -2.23. The van der Waals surface area contributed by atoms with Crippen molar-refractivity contribution in [3.05, 3.63) is 23.5 Å². The summed E-state index contributed by atoms with van der Waals surface area (Å²) in [6.45, 7) is 0. The highest BCUT2D eigenvalue weighted by molar-refractivity contribution is 5.45. The maximum absolute atomic E-state index is 13.2. The van der Waals surface area contributed by atoms with Gasteiger partial charge in [0, 0.05) is 5.56 Å². The standard InChI is InChI=1S/C9H9FO3/c10-7-5(9(13)3-4-9)1-2-6(11)8(7)12/h1-2,11-13H,3-4H2. The van der Waals surface area contributed by atoms with E-state index < -0.39 is 22.9 Å². The molecule has 2 rings (SSSR count). The molecule has 0 spiro atoms. The van der Waals surface area contributed by atoms with Crippen LogP contribution in [0, 0.1) is 5.82 Å². The van der Waals surface area contributed by atoms with E-state index in [1.807, 2.05) is 0 Å². The Hall–Kier alpha value is -1.29. The Bertz CT molecular complexity index is 358. The molecule has 0 radical (unpaired) electrons. The molecule has 1 aromatic carbocycles. The second kappa shape index (κ2) is 2.35. The van der Waals surface area contributed by atoms with E-state index in [9.17, 15) is 9.50 Å². The third-order valence-electron chi connectivity index (χ3n) is 2.32. The molecule has 0 bridgehead atoms. The van der Waals surface area contributed by atoms with Crippen LogP contribution in [0.25, 0.3) is 0 Å². The van der Waals surface area contributed by atoms with E-state index in [2.05, 4.69) is 0 Å². The molecule has 1 saturated carbocycles. The predicted octanol–water partition coefficient (Wildman–Crippen LogP) is 1.22. The van der Waals surface area contributed by atoms with Gasteiger partial charge in [-0.1, -0.05) is 0 Å². The molecule has 1 fully saturated rings. The zero-order chi connectivity index (χ0) is 9.64. The summed E-state index contributed by atoms with van der Waals surface area (Å²) >= 11 is 0. The number of rotatable bonds is 1. The Morgan fingerprint density at radius 3 is 2.38 bits per heavy atom. The van der Waals surface area contributed by atoms with Crippen molar-refractivity contribution in [2.45, 2.75) is 18.4 Å². The van der Waals surface area contributed by atoms with Gasteiger partial charge >= 0.3 is 0 Å². The summed E-state index contributed by atoms with van der Waals surface area (Å²) < 4.78 is 13.2. The highest BCUT2D eigenvalue weighted by Crippen LogP contribution is 2.48. The molecule has 1 aromatic rings. The number of benzene rings is 1. The number of aromatic hydroxyl groups is 2. The van der Waals surface area contributed by atoms with Gasteiger partial charge in [0.05, 0.1) is 5.60 Å². The van der Waals surface area contributed by atoms with Gasteiger partial charge in [-0.05, 0) is 25.0 Å². The van der Waals surface area contributed by atoms with Crippen LogP contribution in [0.2, 0.25) is 0 Å². The van der Waals surface area contributed by atoms with Crippen molar-refractivity contribution >= 4 is 0 Å². The number of hydrogen-bond acceptors (Lipinski definition) is 3. The summed E-state index contributed by atoms with van der Waals surface area (Å²) in [5.41, 5.74) is -1.07. The average molecular weight is 184 g/mol. The smallest absolute Gasteiger partial charge is 0.194 e. The van der Waals surface area contributed by atoms with Crippen LogP contribution in [0.15, 0.2) is 12.1 Å². The lowest BCUT2D eigenvalue weighted by molar-refractivity contribution is 0.145. The highest BCUT2D eigenvalue weighted by Gasteiger charge is 2.44.